The number of hydrogen-bond donors (Lipinski definition) is 4. The molecule has 4 amide bonds. The van der Waals surface area contributed by atoms with Crippen molar-refractivity contribution in [3.63, 3.8) is 0 Å². The quantitative estimate of drug-likeness (QED) is 0.0442. The Balaban J connectivity index is 0.746. The molecule has 2 aliphatic carbocycles. The number of hydrogen-bond acceptors (Lipinski definition) is 13. The van der Waals surface area contributed by atoms with Crippen LogP contribution in [0.15, 0.2) is 58.8 Å². The number of carbonyl (C=O) groups excluding carboxylic acids is 4. The van der Waals surface area contributed by atoms with Crippen molar-refractivity contribution in [1.82, 2.24) is 25.5 Å². The summed E-state index contributed by atoms with van der Waals surface area (Å²) in [5.41, 5.74) is 5.18. The van der Waals surface area contributed by atoms with Crippen molar-refractivity contribution in [3.05, 3.63) is 70.9 Å². The number of nitrogens with one attached hydrogen (secondary N) is 3. The van der Waals surface area contributed by atoms with Crippen LogP contribution in [0.2, 0.25) is 0 Å². The molecule has 0 bridgehead atoms. The smallest absolute Gasteiger partial charge is 0.255 e. The number of anilines is 4. The zero-order valence-electron chi connectivity index (χ0n) is 36.1. The van der Waals surface area contributed by atoms with Crippen LogP contribution < -0.4 is 31.6 Å². The van der Waals surface area contributed by atoms with Crippen LogP contribution in [0.4, 0.5) is 23.1 Å². The number of benzene rings is 2. The maximum absolute atomic E-state index is 13.2. The number of amides is 4. The fourth-order valence-electron chi connectivity index (χ4n) is 9.51. The van der Waals surface area contributed by atoms with Crippen LogP contribution in [-0.2, 0) is 25.7 Å². The van der Waals surface area contributed by atoms with Gasteiger partial charge in [-0.3, -0.25) is 29.5 Å². The standard InChI is InChI=1S/C47H57N11O5/c1-3-39-46(62)56(2)41-28-51-47(54-43(41)58(39)35-11-4-5-12-35)52-34-16-14-31(15-17-34)38(55-48)27-50-33-20-18-32(19-21-33)49-24-26-63-25-7-6-9-30-10-8-13-36-37(30)29-57(45(36)61)40-22-23-42(59)53-44(40)60/h8,10,13-17,27-28,32-33,35,39-40,49H,3-5,7,11-12,18-26,29,48H2,1-2H3,(H,51,52,54)(H,53,59,60)/b50-27?,55-38+/t32?,33?,39-,40?/m1/s1. The molecular formula is C47H57N11O5. The molecule has 1 aromatic heterocycles. The molecule has 3 fully saturated rings. The Labute approximate surface area is 368 Å². The van der Waals surface area contributed by atoms with Gasteiger partial charge < -0.3 is 35.9 Å². The summed E-state index contributed by atoms with van der Waals surface area (Å²) >= 11 is 0. The van der Waals surface area contributed by atoms with Gasteiger partial charge in [0.1, 0.15) is 23.5 Å². The van der Waals surface area contributed by atoms with Crippen LogP contribution in [0.25, 0.3) is 0 Å². The van der Waals surface area contributed by atoms with E-state index in [9.17, 15) is 19.2 Å². The predicted octanol–water partition coefficient (Wildman–Crippen LogP) is 4.58. The number of carbonyl (C=O) groups is 4. The fraction of sp³-hybridized carbons (Fsp3) is 0.489. The fourth-order valence-corrected chi connectivity index (χ4v) is 9.51. The number of likely N-dealkylation sites (N-methyl/N-ethyl adjacent to an activating group) is 1. The van der Waals surface area contributed by atoms with Crippen LogP contribution in [-0.4, -0.2) is 107 Å². The third kappa shape index (κ3) is 9.74. The number of rotatable bonds is 14. The van der Waals surface area contributed by atoms with Crippen molar-refractivity contribution in [2.24, 2.45) is 15.9 Å². The van der Waals surface area contributed by atoms with Crippen LogP contribution in [0, 0.1) is 11.8 Å². The van der Waals surface area contributed by atoms with E-state index < -0.39 is 11.9 Å². The van der Waals surface area contributed by atoms with Crippen molar-refractivity contribution in [1.29, 1.82) is 0 Å². The maximum atomic E-state index is 13.2. The Morgan fingerprint density at radius 2 is 1.81 bits per heavy atom. The summed E-state index contributed by atoms with van der Waals surface area (Å²) in [4.78, 5) is 70.2. The Bertz CT molecular complexity index is 2310. The van der Waals surface area contributed by atoms with Gasteiger partial charge in [0.15, 0.2) is 5.82 Å². The van der Waals surface area contributed by atoms with Gasteiger partial charge in [-0.15, -0.1) is 0 Å². The summed E-state index contributed by atoms with van der Waals surface area (Å²) < 4.78 is 5.85. The maximum Gasteiger partial charge on any atom is 0.255 e. The molecule has 330 valence electrons. The van der Waals surface area contributed by atoms with Gasteiger partial charge in [0.25, 0.3) is 5.91 Å². The lowest BCUT2D eigenvalue weighted by atomic mass is 9.91. The minimum Gasteiger partial charge on any atom is -0.379 e. The SMILES string of the molecule is CC[C@@H]1C(=O)N(C)c2cnc(Nc3ccc(/C(C=NC4CCC(NCCOCCC#Cc5cccc6c5CN(C5CCC(=O)NC5=O)C6=O)CC4)=N/N)cc3)nc2N1C1CCCC1. The minimum atomic E-state index is -0.649. The Kier molecular flexibility index (Phi) is 13.7. The van der Waals surface area contributed by atoms with Crippen molar-refractivity contribution >= 4 is 58.7 Å². The molecule has 0 radical (unpaired) electrons. The highest BCUT2D eigenvalue weighted by Gasteiger charge is 2.42. The van der Waals surface area contributed by atoms with E-state index in [-0.39, 0.29) is 36.2 Å². The molecule has 8 rings (SSSR count). The van der Waals surface area contributed by atoms with Crippen LogP contribution in [0.1, 0.15) is 111 Å². The van der Waals surface area contributed by atoms with E-state index >= 15 is 0 Å². The van der Waals surface area contributed by atoms with Gasteiger partial charge >= 0.3 is 0 Å². The summed E-state index contributed by atoms with van der Waals surface area (Å²) in [7, 11) is 1.81. The molecule has 3 aliphatic heterocycles. The summed E-state index contributed by atoms with van der Waals surface area (Å²) in [6.45, 7) is 4.20. The lowest BCUT2D eigenvalue weighted by Gasteiger charge is -2.43. The van der Waals surface area contributed by atoms with Gasteiger partial charge in [-0.1, -0.05) is 49.8 Å². The van der Waals surface area contributed by atoms with Crippen molar-refractivity contribution in [3.8, 4) is 11.8 Å². The van der Waals surface area contributed by atoms with E-state index in [1.165, 1.54) is 12.8 Å². The average Bonchev–Trinajstić information content (AvgIpc) is 3.95. The summed E-state index contributed by atoms with van der Waals surface area (Å²) in [5, 5.41) is 13.4. The molecule has 16 nitrogen and oxygen atoms in total. The van der Waals surface area contributed by atoms with E-state index in [1.54, 1.807) is 28.3 Å². The first kappa shape index (κ1) is 43.5. The van der Waals surface area contributed by atoms with Gasteiger partial charge in [0.2, 0.25) is 23.7 Å². The largest absolute Gasteiger partial charge is 0.379 e. The normalized spacial score (nSPS) is 22.9. The van der Waals surface area contributed by atoms with Crippen LogP contribution in [0.5, 0.6) is 0 Å². The first-order chi connectivity index (χ1) is 30.7. The number of aromatic nitrogens is 2. The van der Waals surface area contributed by atoms with Crippen LogP contribution >= 0.6 is 0 Å². The Morgan fingerprint density at radius 1 is 1.02 bits per heavy atom. The molecule has 5 N–H and O–H groups in total. The van der Waals surface area contributed by atoms with Crippen molar-refractivity contribution < 1.29 is 23.9 Å². The molecule has 5 aliphatic rings. The highest BCUT2D eigenvalue weighted by Crippen LogP contribution is 2.40. The van der Waals surface area contributed by atoms with E-state index in [4.69, 9.17) is 20.6 Å². The van der Waals surface area contributed by atoms with E-state index in [2.05, 4.69) is 49.7 Å². The third-order valence-corrected chi connectivity index (χ3v) is 12.9. The second-order valence-corrected chi connectivity index (χ2v) is 16.9. The molecule has 4 heterocycles. The third-order valence-electron chi connectivity index (χ3n) is 12.9. The van der Waals surface area contributed by atoms with E-state index in [0.717, 1.165) is 85.4 Å². The monoisotopic (exact) mass is 855 g/mol. The lowest BCUT2D eigenvalue weighted by Crippen LogP contribution is -2.55. The number of ether oxygens (including phenoxy) is 1. The first-order valence-electron chi connectivity index (χ1n) is 22.4. The number of nitrogens with two attached hydrogens (primary N) is 1. The highest BCUT2D eigenvalue weighted by molar-refractivity contribution is 6.38. The molecule has 3 aromatic rings. The van der Waals surface area contributed by atoms with Gasteiger partial charge in [-0.2, -0.15) is 10.1 Å². The van der Waals surface area contributed by atoms with Crippen LogP contribution in [0.3, 0.4) is 0 Å². The van der Waals surface area contributed by atoms with Crippen molar-refractivity contribution in [2.75, 3.05) is 41.9 Å². The average molecular weight is 856 g/mol. The summed E-state index contributed by atoms with van der Waals surface area (Å²) in [5.74, 6) is 12.7. The topological polar surface area (TPSA) is 200 Å². The summed E-state index contributed by atoms with van der Waals surface area (Å²) in [6.07, 6.45) is 13.8. The highest BCUT2D eigenvalue weighted by atomic mass is 16.5. The second-order valence-electron chi connectivity index (χ2n) is 16.9. The molecule has 1 unspecified atom stereocenters. The number of nitrogens with zero attached hydrogens (tertiary/aromatic N) is 7. The molecule has 16 heteroatoms. The van der Waals surface area contributed by atoms with E-state index in [0.29, 0.717) is 61.9 Å². The summed E-state index contributed by atoms with van der Waals surface area (Å²) in [6, 6.07) is 13.3. The molecule has 0 spiro atoms. The predicted molar refractivity (Wildman–Crippen MR) is 242 cm³/mol. The molecule has 2 aromatic carbocycles. The molecular weight excluding hydrogens is 799 g/mol. The Hall–Kier alpha value is -6.18. The number of hydrazone groups is 1. The zero-order chi connectivity index (χ0) is 43.9. The Morgan fingerprint density at radius 3 is 2.56 bits per heavy atom. The van der Waals surface area contributed by atoms with Gasteiger partial charge in [-0.05, 0) is 81.2 Å². The number of imide groups is 1. The minimum absolute atomic E-state index is 0.0938. The molecule has 63 heavy (non-hydrogen) atoms. The van der Waals surface area contributed by atoms with Gasteiger partial charge in [0, 0.05) is 73.7 Å². The van der Waals surface area contributed by atoms with E-state index in [1.807, 2.05) is 43.4 Å². The number of fused-ring (bicyclic) bond motifs is 2. The molecule has 1 saturated heterocycles. The molecule has 2 atom stereocenters. The van der Waals surface area contributed by atoms with Gasteiger partial charge in [0.05, 0.1) is 25.5 Å². The first-order valence-corrected chi connectivity index (χ1v) is 22.4. The number of piperidine rings is 1. The lowest BCUT2D eigenvalue weighted by molar-refractivity contribution is -0.137. The molecule has 2 saturated carbocycles. The number of aliphatic imine (C=N–C) groups is 1. The van der Waals surface area contributed by atoms with Crippen molar-refractivity contribution in [2.45, 2.75) is 121 Å². The zero-order valence-corrected chi connectivity index (χ0v) is 36.1. The second kappa shape index (κ2) is 19.9. The van der Waals surface area contributed by atoms with Gasteiger partial charge in [-0.25, -0.2) is 4.98 Å².